The van der Waals surface area contributed by atoms with Gasteiger partial charge in [0.05, 0.1) is 12.1 Å². The van der Waals surface area contributed by atoms with Gasteiger partial charge in [0.15, 0.2) is 0 Å². The number of fused-ring (bicyclic) bond motifs is 1. The highest BCUT2D eigenvalue weighted by atomic mass is 16.5. The van der Waals surface area contributed by atoms with Crippen molar-refractivity contribution in [1.82, 2.24) is 4.98 Å². The van der Waals surface area contributed by atoms with Gasteiger partial charge in [0.25, 0.3) is 0 Å². The third-order valence-electron chi connectivity index (χ3n) is 5.32. The lowest BCUT2D eigenvalue weighted by Crippen LogP contribution is -2.01. The van der Waals surface area contributed by atoms with Crippen LogP contribution in [0.2, 0.25) is 0 Å². The molecule has 0 aliphatic carbocycles. The monoisotopic (exact) mass is 390 g/mol. The molecule has 3 nitrogen and oxygen atoms in total. The summed E-state index contributed by atoms with van der Waals surface area (Å²) in [6.45, 7) is 3.87. The molecule has 3 aromatic rings. The number of nitrogens with zero attached hydrogens (tertiary/aromatic N) is 1. The Morgan fingerprint density at radius 3 is 2.31 bits per heavy atom. The topological polar surface area (TPSA) is 34.1 Å². The number of benzene rings is 2. The van der Waals surface area contributed by atoms with Crippen molar-refractivity contribution in [3.63, 3.8) is 0 Å². The summed E-state index contributed by atoms with van der Waals surface area (Å²) in [5.41, 5.74) is 3.37. The van der Waals surface area contributed by atoms with Gasteiger partial charge in [-0.25, -0.2) is 0 Å². The zero-order chi connectivity index (χ0) is 20.2. The molecule has 0 spiro atoms. The average Bonchev–Trinajstić information content (AvgIpc) is 2.77. The van der Waals surface area contributed by atoms with E-state index in [4.69, 9.17) is 4.74 Å². The lowest BCUT2D eigenvalue weighted by Gasteiger charge is -2.10. The van der Waals surface area contributed by atoms with Gasteiger partial charge < -0.3 is 10.1 Å². The summed E-state index contributed by atoms with van der Waals surface area (Å²) in [5, 5.41) is 4.68. The lowest BCUT2D eigenvalue weighted by atomic mass is 10.1. The van der Waals surface area contributed by atoms with Crippen molar-refractivity contribution in [2.45, 2.75) is 64.8 Å². The Morgan fingerprint density at radius 1 is 0.793 bits per heavy atom. The third kappa shape index (κ3) is 7.08. The van der Waals surface area contributed by atoms with Gasteiger partial charge in [0.2, 0.25) is 0 Å². The van der Waals surface area contributed by atoms with Crippen molar-refractivity contribution >= 4 is 16.6 Å². The number of nitrogens with one attached hydrogen (secondary N) is 1. The lowest BCUT2D eigenvalue weighted by molar-refractivity contribution is 0.304. The zero-order valence-corrected chi connectivity index (χ0v) is 17.7. The van der Waals surface area contributed by atoms with E-state index in [-0.39, 0.29) is 0 Å². The molecule has 2 aromatic carbocycles. The highest BCUT2D eigenvalue weighted by Gasteiger charge is 2.02. The van der Waals surface area contributed by atoms with E-state index < -0.39 is 0 Å². The summed E-state index contributed by atoms with van der Waals surface area (Å²) in [5.74, 6) is 0.964. The van der Waals surface area contributed by atoms with E-state index >= 15 is 0 Å². The van der Waals surface area contributed by atoms with Gasteiger partial charge in [-0.05, 0) is 36.2 Å². The number of anilines is 1. The molecule has 0 aliphatic heterocycles. The first-order valence-corrected chi connectivity index (χ1v) is 11.2. The molecule has 1 aromatic heterocycles. The van der Waals surface area contributed by atoms with Crippen molar-refractivity contribution in [3.05, 3.63) is 66.4 Å². The van der Waals surface area contributed by atoms with Gasteiger partial charge in [-0.2, -0.15) is 0 Å². The highest BCUT2D eigenvalue weighted by Crippen LogP contribution is 2.22. The van der Waals surface area contributed by atoms with Gasteiger partial charge in [-0.15, -0.1) is 0 Å². The first kappa shape index (κ1) is 21.2. The fourth-order valence-corrected chi connectivity index (χ4v) is 3.58. The summed E-state index contributed by atoms with van der Waals surface area (Å²) in [7, 11) is 0. The van der Waals surface area contributed by atoms with E-state index in [0.29, 0.717) is 0 Å². The van der Waals surface area contributed by atoms with E-state index in [1.807, 2.05) is 30.5 Å². The van der Waals surface area contributed by atoms with Gasteiger partial charge in [0.1, 0.15) is 5.75 Å². The van der Waals surface area contributed by atoms with E-state index in [2.05, 4.69) is 47.6 Å². The molecule has 0 aliphatic rings. The molecule has 0 fully saturated rings. The van der Waals surface area contributed by atoms with Crippen LogP contribution in [0.4, 0.5) is 5.69 Å². The van der Waals surface area contributed by atoms with Crippen molar-refractivity contribution in [2.75, 3.05) is 11.9 Å². The molecular weight excluding hydrogens is 356 g/mol. The maximum absolute atomic E-state index is 5.90. The van der Waals surface area contributed by atoms with E-state index in [0.717, 1.165) is 41.9 Å². The molecule has 0 atom stereocenters. The Morgan fingerprint density at radius 2 is 1.52 bits per heavy atom. The molecule has 0 saturated heterocycles. The molecule has 154 valence electrons. The van der Waals surface area contributed by atoms with Crippen molar-refractivity contribution < 1.29 is 4.74 Å². The number of rotatable bonds is 13. The molecule has 1 N–H and O–H groups in total. The second-order valence-corrected chi connectivity index (χ2v) is 7.70. The molecule has 0 bridgehead atoms. The molecule has 0 radical (unpaired) electrons. The second-order valence-electron chi connectivity index (χ2n) is 7.70. The maximum atomic E-state index is 5.90. The summed E-state index contributed by atoms with van der Waals surface area (Å²) < 4.78 is 5.90. The number of hydrogen-bond donors (Lipinski definition) is 1. The van der Waals surface area contributed by atoms with Crippen LogP contribution >= 0.6 is 0 Å². The minimum absolute atomic E-state index is 0.784. The summed E-state index contributed by atoms with van der Waals surface area (Å²) >= 11 is 0. The smallest absolute Gasteiger partial charge is 0.119 e. The van der Waals surface area contributed by atoms with Gasteiger partial charge in [-0.3, -0.25) is 4.98 Å². The van der Waals surface area contributed by atoms with Crippen LogP contribution < -0.4 is 10.1 Å². The Labute approximate surface area is 175 Å². The van der Waals surface area contributed by atoms with Crippen molar-refractivity contribution in [3.8, 4) is 5.75 Å². The third-order valence-corrected chi connectivity index (χ3v) is 5.32. The first-order chi connectivity index (χ1) is 14.4. The number of hydrogen-bond acceptors (Lipinski definition) is 3. The number of aromatic nitrogens is 1. The van der Waals surface area contributed by atoms with Crippen LogP contribution in [0.5, 0.6) is 5.75 Å². The normalized spacial score (nSPS) is 10.9. The Bertz CT molecular complexity index is 839. The molecule has 0 saturated carbocycles. The summed E-state index contributed by atoms with van der Waals surface area (Å²) in [6.07, 6.45) is 12.5. The first-order valence-electron chi connectivity index (χ1n) is 11.2. The summed E-state index contributed by atoms with van der Waals surface area (Å²) in [4.78, 5) is 4.42. The van der Waals surface area contributed by atoms with E-state index in [9.17, 15) is 0 Å². The fourth-order valence-electron chi connectivity index (χ4n) is 3.58. The van der Waals surface area contributed by atoms with Crippen molar-refractivity contribution in [1.29, 1.82) is 0 Å². The van der Waals surface area contributed by atoms with Crippen molar-refractivity contribution in [2.24, 2.45) is 0 Å². The molecule has 1 heterocycles. The Kier molecular flexibility index (Phi) is 8.84. The largest absolute Gasteiger partial charge is 0.494 e. The van der Waals surface area contributed by atoms with Gasteiger partial charge in [-0.1, -0.05) is 82.2 Å². The number of pyridine rings is 1. The highest BCUT2D eigenvalue weighted by molar-refractivity contribution is 5.90. The fraction of sp³-hybridized carbons (Fsp3) is 0.423. The summed E-state index contributed by atoms with van der Waals surface area (Å²) in [6, 6.07) is 18.7. The minimum atomic E-state index is 0.784. The molecule has 0 amide bonds. The number of ether oxygens (including phenoxy) is 1. The predicted molar refractivity (Wildman–Crippen MR) is 124 cm³/mol. The van der Waals surface area contributed by atoms with Gasteiger partial charge in [0, 0.05) is 23.8 Å². The van der Waals surface area contributed by atoms with Crippen LogP contribution in [-0.4, -0.2) is 11.6 Å². The van der Waals surface area contributed by atoms with Crippen LogP contribution in [0.15, 0.2) is 60.8 Å². The standard InChI is InChI=1S/C26H34N2O/c1-2-3-4-5-6-7-8-11-20-29-23-16-14-22(15-17-23)21-28-26-18-19-27-25-13-10-9-12-24(25)26/h9-10,12-19H,2-8,11,20-21H2,1H3,(H,27,28). The SMILES string of the molecule is CCCCCCCCCCOc1ccc(CNc2ccnc3ccccc23)cc1. The maximum Gasteiger partial charge on any atom is 0.119 e. The van der Waals surface area contributed by atoms with Crippen LogP contribution in [0.3, 0.4) is 0 Å². The number of para-hydroxylation sites is 1. The molecule has 3 rings (SSSR count). The second kappa shape index (κ2) is 12.1. The molecule has 29 heavy (non-hydrogen) atoms. The quantitative estimate of drug-likeness (QED) is 0.309. The Hall–Kier alpha value is -2.55. The van der Waals surface area contributed by atoms with E-state index in [1.165, 1.54) is 50.5 Å². The van der Waals surface area contributed by atoms with Crippen LogP contribution in [0.25, 0.3) is 10.9 Å². The minimum Gasteiger partial charge on any atom is -0.494 e. The van der Waals surface area contributed by atoms with Gasteiger partial charge >= 0.3 is 0 Å². The van der Waals surface area contributed by atoms with Crippen LogP contribution in [-0.2, 0) is 6.54 Å². The average molecular weight is 391 g/mol. The van der Waals surface area contributed by atoms with Crippen LogP contribution in [0, 0.1) is 0 Å². The Balaban J connectivity index is 1.36. The van der Waals surface area contributed by atoms with E-state index in [1.54, 1.807) is 0 Å². The molecule has 3 heteroatoms. The number of unbranched alkanes of at least 4 members (excludes halogenated alkanes) is 7. The zero-order valence-electron chi connectivity index (χ0n) is 17.7. The predicted octanol–water partition coefficient (Wildman–Crippen LogP) is 7.37. The van der Waals surface area contributed by atoms with Crippen LogP contribution in [0.1, 0.15) is 63.9 Å². The molecule has 0 unspecified atom stereocenters. The molecular formula is C26H34N2O.